The van der Waals surface area contributed by atoms with Gasteiger partial charge in [-0.05, 0) is 18.8 Å². The molecule has 0 aromatic carbocycles. The van der Waals surface area contributed by atoms with E-state index < -0.39 is 42.3 Å². The SMILES string of the molecule is CC(C)CN(C(=O)N(CCCl)N=O)C(O)[C@H]1O[C@](O)(C2CCCCC2)[C@H](O)[C@@H]1O. The highest BCUT2D eigenvalue weighted by Crippen LogP contribution is 2.43. The van der Waals surface area contributed by atoms with Gasteiger partial charge in [-0.1, -0.05) is 33.1 Å². The van der Waals surface area contributed by atoms with Crippen LogP contribution in [0.3, 0.4) is 0 Å². The Morgan fingerprint density at radius 1 is 1.28 bits per heavy atom. The number of halogens is 1. The summed E-state index contributed by atoms with van der Waals surface area (Å²) in [5.74, 6) is -2.54. The Bertz CT molecular complexity index is 564. The number of aliphatic hydroxyl groups excluding tert-OH is 3. The fourth-order valence-corrected chi connectivity index (χ4v) is 4.30. The molecule has 0 spiro atoms. The van der Waals surface area contributed by atoms with Gasteiger partial charge < -0.3 is 25.2 Å². The van der Waals surface area contributed by atoms with E-state index in [2.05, 4.69) is 5.29 Å². The molecule has 1 unspecified atom stereocenters. The number of hydrogen-bond donors (Lipinski definition) is 4. The summed E-state index contributed by atoms with van der Waals surface area (Å²) in [5.41, 5.74) is 0. The van der Waals surface area contributed by atoms with Crippen molar-refractivity contribution in [1.82, 2.24) is 9.91 Å². The monoisotopic (exact) mass is 437 g/mol. The third kappa shape index (κ3) is 5.18. The van der Waals surface area contributed by atoms with Gasteiger partial charge in [0.1, 0.15) is 18.3 Å². The Labute approximate surface area is 175 Å². The minimum Gasteiger partial charge on any atom is -0.387 e. The average molecular weight is 438 g/mol. The van der Waals surface area contributed by atoms with Crippen molar-refractivity contribution < 1.29 is 30.0 Å². The number of carbonyl (C=O) groups is 1. The molecule has 2 fully saturated rings. The summed E-state index contributed by atoms with van der Waals surface area (Å²) in [6, 6.07) is -0.903. The minimum atomic E-state index is -2.02. The lowest BCUT2D eigenvalue weighted by atomic mass is 9.80. The standard InChI is InChI=1S/C18H32ClN3O7/c1-11(2)10-21(17(26)22(20-28)9-8-19)16(25)14-13(23)15(24)18(27,29-14)12-6-4-3-5-7-12/h11-16,23-25,27H,3-10H2,1-2H3/t13-,14+,15-,16?,18-/m1/s1. The number of ether oxygens (including phenoxy) is 1. The zero-order valence-electron chi connectivity index (χ0n) is 16.9. The number of hydrogen-bond acceptors (Lipinski definition) is 8. The van der Waals surface area contributed by atoms with E-state index in [1.807, 2.05) is 0 Å². The quantitative estimate of drug-likeness (QED) is 0.192. The summed E-state index contributed by atoms with van der Waals surface area (Å²) in [6.45, 7) is 3.46. The predicted molar refractivity (Wildman–Crippen MR) is 105 cm³/mol. The molecule has 10 nitrogen and oxygen atoms in total. The number of amides is 2. The zero-order chi connectivity index (χ0) is 21.8. The lowest BCUT2D eigenvalue weighted by Crippen LogP contribution is -2.55. The second-order valence-corrected chi connectivity index (χ2v) is 8.62. The van der Waals surface area contributed by atoms with Crippen molar-refractivity contribution in [2.24, 2.45) is 17.1 Å². The van der Waals surface area contributed by atoms with Gasteiger partial charge in [0.05, 0.1) is 11.8 Å². The fourth-order valence-electron chi connectivity index (χ4n) is 4.14. The van der Waals surface area contributed by atoms with E-state index in [0.29, 0.717) is 17.9 Å². The van der Waals surface area contributed by atoms with Crippen LogP contribution >= 0.6 is 11.6 Å². The molecule has 29 heavy (non-hydrogen) atoms. The third-order valence-electron chi connectivity index (χ3n) is 5.64. The van der Waals surface area contributed by atoms with Crippen molar-refractivity contribution >= 4 is 17.6 Å². The molecule has 1 heterocycles. The Morgan fingerprint density at radius 3 is 2.41 bits per heavy atom. The van der Waals surface area contributed by atoms with Gasteiger partial charge in [0.15, 0.2) is 12.0 Å². The molecule has 1 saturated heterocycles. The van der Waals surface area contributed by atoms with Crippen molar-refractivity contribution in [3.8, 4) is 0 Å². The fraction of sp³-hybridized carbons (Fsp3) is 0.944. The van der Waals surface area contributed by atoms with Gasteiger partial charge in [-0.15, -0.1) is 16.5 Å². The first-order chi connectivity index (χ1) is 13.7. The van der Waals surface area contributed by atoms with Crippen LogP contribution in [0.25, 0.3) is 0 Å². The van der Waals surface area contributed by atoms with Gasteiger partial charge in [0.25, 0.3) is 0 Å². The molecule has 168 valence electrons. The molecule has 1 saturated carbocycles. The lowest BCUT2D eigenvalue weighted by molar-refractivity contribution is -0.276. The smallest absolute Gasteiger partial charge is 0.345 e. The summed E-state index contributed by atoms with van der Waals surface area (Å²) >= 11 is 5.60. The molecule has 11 heteroatoms. The summed E-state index contributed by atoms with van der Waals surface area (Å²) in [4.78, 5) is 24.7. The van der Waals surface area contributed by atoms with Crippen LogP contribution < -0.4 is 0 Å². The largest absolute Gasteiger partial charge is 0.387 e. The van der Waals surface area contributed by atoms with Crippen LogP contribution in [0.15, 0.2) is 5.29 Å². The van der Waals surface area contributed by atoms with Gasteiger partial charge in [0, 0.05) is 18.3 Å². The zero-order valence-corrected chi connectivity index (χ0v) is 17.6. The highest BCUT2D eigenvalue weighted by atomic mass is 35.5. The second kappa shape index (κ2) is 10.3. The summed E-state index contributed by atoms with van der Waals surface area (Å²) in [6.07, 6.45) is -2.44. The normalized spacial score (nSPS) is 31.7. The summed E-state index contributed by atoms with van der Waals surface area (Å²) in [5, 5.41) is 46.0. The van der Waals surface area contributed by atoms with E-state index in [1.54, 1.807) is 13.8 Å². The molecule has 0 bridgehead atoms. The number of rotatable bonds is 8. The van der Waals surface area contributed by atoms with E-state index in [1.165, 1.54) is 0 Å². The molecule has 4 N–H and O–H groups in total. The van der Waals surface area contributed by atoms with Crippen molar-refractivity contribution in [2.45, 2.75) is 76.3 Å². The van der Waals surface area contributed by atoms with Crippen LogP contribution in [0.2, 0.25) is 0 Å². The molecular weight excluding hydrogens is 406 g/mol. The van der Waals surface area contributed by atoms with Gasteiger partial charge in [-0.25, -0.2) is 4.79 Å². The van der Waals surface area contributed by atoms with E-state index in [-0.39, 0.29) is 24.9 Å². The topological polar surface area (TPSA) is 143 Å². The molecular formula is C18H32ClN3O7. The van der Waals surface area contributed by atoms with Gasteiger partial charge in [-0.2, -0.15) is 5.01 Å². The molecule has 2 amide bonds. The average Bonchev–Trinajstić information content (AvgIpc) is 2.95. The molecule has 0 aromatic rings. The number of nitroso groups, excluding NO2 is 1. The predicted octanol–water partition coefficient (Wildman–Crippen LogP) is 0.994. The van der Waals surface area contributed by atoms with Crippen LogP contribution in [0.1, 0.15) is 46.0 Å². The van der Waals surface area contributed by atoms with Crippen LogP contribution in [0.4, 0.5) is 4.79 Å². The first-order valence-corrected chi connectivity index (χ1v) is 10.6. The van der Waals surface area contributed by atoms with E-state index in [9.17, 15) is 30.1 Å². The lowest BCUT2D eigenvalue weighted by Gasteiger charge is -2.38. The van der Waals surface area contributed by atoms with Crippen LogP contribution in [0, 0.1) is 16.7 Å². The van der Waals surface area contributed by atoms with Crippen LogP contribution in [-0.2, 0) is 4.74 Å². The molecule has 0 aromatic heterocycles. The van der Waals surface area contributed by atoms with Crippen molar-refractivity contribution in [1.29, 1.82) is 0 Å². The number of aliphatic hydroxyl groups is 4. The van der Waals surface area contributed by atoms with Crippen molar-refractivity contribution in [2.75, 3.05) is 19.0 Å². The maximum absolute atomic E-state index is 12.7. The third-order valence-corrected chi connectivity index (χ3v) is 5.80. The van der Waals surface area contributed by atoms with Gasteiger partial charge in [-0.3, -0.25) is 4.90 Å². The van der Waals surface area contributed by atoms with E-state index >= 15 is 0 Å². The minimum absolute atomic E-state index is 0.0266. The Hall–Kier alpha value is -1.04. The highest BCUT2D eigenvalue weighted by Gasteiger charge is 2.59. The number of nitrogens with zero attached hydrogens (tertiary/aromatic N) is 3. The summed E-state index contributed by atoms with van der Waals surface area (Å²) in [7, 11) is 0. The molecule has 2 aliphatic rings. The number of urea groups is 1. The maximum atomic E-state index is 12.7. The van der Waals surface area contributed by atoms with Crippen LogP contribution in [0.5, 0.6) is 0 Å². The van der Waals surface area contributed by atoms with Gasteiger partial charge in [0.2, 0.25) is 0 Å². The number of alkyl halides is 1. The highest BCUT2D eigenvalue weighted by molar-refractivity contribution is 6.18. The first kappa shape index (κ1) is 24.2. The Morgan fingerprint density at radius 2 is 1.90 bits per heavy atom. The summed E-state index contributed by atoms with van der Waals surface area (Å²) < 4.78 is 5.62. The van der Waals surface area contributed by atoms with Crippen molar-refractivity contribution in [3.63, 3.8) is 0 Å². The maximum Gasteiger partial charge on any atom is 0.345 e. The van der Waals surface area contributed by atoms with Gasteiger partial charge >= 0.3 is 6.03 Å². The van der Waals surface area contributed by atoms with E-state index in [4.69, 9.17) is 16.3 Å². The van der Waals surface area contributed by atoms with Crippen molar-refractivity contribution in [3.05, 3.63) is 4.91 Å². The molecule has 2 rings (SSSR count). The molecule has 0 radical (unpaired) electrons. The Balaban J connectivity index is 2.24. The van der Waals surface area contributed by atoms with Crippen LogP contribution in [-0.4, -0.2) is 85.7 Å². The molecule has 5 atom stereocenters. The first-order valence-electron chi connectivity index (χ1n) is 10.1. The molecule has 1 aliphatic heterocycles. The number of carbonyl (C=O) groups excluding carboxylic acids is 1. The van der Waals surface area contributed by atoms with E-state index in [0.717, 1.165) is 24.2 Å². The Kier molecular flexibility index (Phi) is 8.62. The second-order valence-electron chi connectivity index (χ2n) is 8.24. The molecule has 1 aliphatic carbocycles.